The largest absolute Gasteiger partial charge is 0.378 e. The number of carbonyl (C=O) groups excluding carboxylic acids is 1. The molecule has 2 saturated heterocycles. The van der Waals surface area contributed by atoms with Gasteiger partial charge in [0.05, 0.1) is 25.3 Å². The first-order chi connectivity index (χ1) is 10.8. The number of hydrogen-bond acceptors (Lipinski definition) is 4. The minimum Gasteiger partial charge on any atom is -0.378 e. The van der Waals surface area contributed by atoms with E-state index < -0.39 is 0 Å². The molecule has 0 saturated carbocycles. The lowest BCUT2D eigenvalue weighted by atomic mass is 10.0. The fraction of sp³-hybridized carbons (Fsp3) is 0.750. The zero-order valence-electron chi connectivity index (χ0n) is 13.3. The molecule has 2 aliphatic rings. The molecule has 2 atom stereocenters. The van der Waals surface area contributed by atoms with Crippen LogP contribution in [0.2, 0.25) is 0 Å². The number of likely N-dealkylation sites (tertiary alicyclic amines) is 1. The van der Waals surface area contributed by atoms with E-state index in [1.54, 1.807) is 6.20 Å². The number of hydrogen-bond donors (Lipinski definition) is 1. The van der Waals surface area contributed by atoms with Gasteiger partial charge in [0.2, 0.25) is 5.91 Å². The minimum absolute atomic E-state index is 0.0465. The molecule has 1 N–H and O–H groups in total. The smallest absolute Gasteiger partial charge is 0.240 e. The highest BCUT2D eigenvalue weighted by atomic mass is 16.5. The molecule has 1 aromatic heterocycles. The fourth-order valence-electron chi connectivity index (χ4n) is 3.50. The Morgan fingerprint density at radius 1 is 1.36 bits per heavy atom. The molecule has 3 heterocycles. The minimum atomic E-state index is 0.0465. The van der Waals surface area contributed by atoms with Crippen LogP contribution in [-0.4, -0.2) is 58.7 Å². The zero-order valence-corrected chi connectivity index (χ0v) is 13.3. The average molecular weight is 306 g/mol. The summed E-state index contributed by atoms with van der Waals surface area (Å²) >= 11 is 0. The van der Waals surface area contributed by atoms with E-state index >= 15 is 0 Å². The van der Waals surface area contributed by atoms with Gasteiger partial charge in [0.1, 0.15) is 12.4 Å². The van der Waals surface area contributed by atoms with Crippen LogP contribution in [0.25, 0.3) is 0 Å². The predicted octanol–water partition coefficient (Wildman–Crippen LogP) is 0.815. The maximum atomic E-state index is 12.3. The molecular formula is C16H26N4O2. The third-order valence-corrected chi connectivity index (χ3v) is 4.69. The fourth-order valence-corrected chi connectivity index (χ4v) is 3.50. The second-order valence-electron chi connectivity index (χ2n) is 6.20. The number of aromatic nitrogens is 2. The summed E-state index contributed by atoms with van der Waals surface area (Å²) < 4.78 is 7.55. The first-order valence-electron chi connectivity index (χ1n) is 8.39. The normalized spacial score (nSPS) is 26.2. The van der Waals surface area contributed by atoms with Crippen molar-refractivity contribution in [1.82, 2.24) is 19.8 Å². The van der Waals surface area contributed by atoms with Crippen molar-refractivity contribution in [3.63, 3.8) is 0 Å². The van der Waals surface area contributed by atoms with Crippen LogP contribution in [0.5, 0.6) is 0 Å². The van der Waals surface area contributed by atoms with Crippen LogP contribution in [0.15, 0.2) is 12.4 Å². The summed E-state index contributed by atoms with van der Waals surface area (Å²) in [4.78, 5) is 19.1. The molecule has 1 aromatic rings. The van der Waals surface area contributed by atoms with E-state index in [9.17, 15) is 4.79 Å². The molecule has 3 rings (SSSR count). The Kier molecular flexibility index (Phi) is 5.10. The van der Waals surface area contributed by atoms with Crippen molar-refractivity contribution in [2.45, 2.75) is 51.2 Å². The van der Waals surface area contributed by atoms with Gasteiger partial charge in [-0.1, -0.05) is 13.3 Å². The van der Waals surface area contributed by atoms with Crippen molar-refractivity contribution >= 4 is 5.91 Å². The third-order valence-electron chi connectivity index (χ3n) is 4.69. The Hall–Kier alpha value is -1.40. The van der Waals surface area contributed by atoms with Gasteiger partial charge in [-0.15, -0.1) is 0 Å². The maximum absolute atomic E-state index is 12.3. The molecule has 122 valence electrons. The summed E-state index contributed by atoms with van der Waals surface area (Å²) in [5.41, 5.74) is 0. The lowest BCUT2D eigenvalue weighted by molar-refractivity contribution is -0.122. The number of amides is 1. The summed E-state index contributed by atoms with van der Waals surface area (Å²) in [5, 5.41) is 3.16. The number of ether oxygens (including phenoxy) is 1. The maximum Gasteiger partial charge on any atom is 0.240 e. The molecule has 0 spiro atoms. The van der Waals surface area contributed by atoms with Gasteiger partial charge in [-0.2, -0.15) is 0 Å². The van der Waals surface area contributed by atoms with Crippen molar-refractivity contribution in [2.24, 2.45) is 0 Å². The first kappa shape index (κ1) is 15.5. The Balaban J connectivity index is 1.55. The Labute approximate surface area is 131 Å². The van der Waals surface area contributed by atoms with Crippen LogP contribution in [0, 0.1) is 0 Å². The molecular weight excluding hydrogens is 280 g/mol. The summed E-state index contributed by atoms with van der Waals surface area (Å²) in [7, 11) is 0. The predicted molar refractivity (Wildman–Crippen MR) is 83.6 cm³/mol. The van der Waals surface area contributed by atoms with Gasteiger partial charge in [0.15, 0.2) is 0 Å². The molecule has 6 nitrogen and oxygen atoms in total. The summed E-state index contributed by atoms with van der Waals surface area (Å²) in [6.07, 6.45) is 8.29. The Morgan fingerprint density at radius 3 is 2.95 bits per heavy atom. The van der Waals surface area contributed by atoms with Gasteiger partial charge >= 0.3 is 0 Å². The van der Waals surface area contributed by atoms with Crippen LogP contribution in [0.4, 0.5) is 0 Å². The number of piperidine rings is 1. The average Bonchev–Trinajstić information content (AvgIpc) is 3.17. The van der Waals surface area contributed by atoms with E-state index in [1.165, 1.54) is 19.3 Å². The molecule has 2 fully saturated rings. The number of aryl methyl sites for hydroxylation is 1. The monoisotopic (exact) mass is 306 g/mol. The number of imidazole rings is 1. The van der Waals surface area contributed by atoms with Crippen molar-refractivity contribution in [3.8, 4) is 0 Å². The van der Waals surface area contributed by atoms with Crippen LogP contribution < -0.4 is 5.32 Å². The van der Waals surface area contributed by atoms with E-state index in [0.717, 1.165) is 31.9 Å². The van der Waals surface area contributed by atoms with Gasteiger partial charge in [-0.05, 0) is 25.9 Å². The second kappa shape index (κ2) is 7.24. The van der Waals surface area contributed by atoms with Gasteiger partial charge < -0.3 is 14.6 Å². The highest BCUT2D eigenvalue weighted by Gasteiger charge is 2.34. The van der Waals surface area contributed by atoms with Crippen molar-refractivity contribution in [3.05, 3.63) is 18.2 Å². The lowest BCUT2D eigenvalue weighted by Gasteiger charge is -2.34. The van der Waals surface area contributed by atoms with Gasteiger partial charge in [-0.3, -0.25) is 9.69 Å². The molecule has 0 bridgehead atoms. The first-order valence-corrected chi connectivity index (χ1v) is 8.39. The molecule has 0 aliphatic carbocycles. The van der Waals surface area contributed by atoms with Gasteiger partial charge in [-0.25, -0.2) is 4.98 Å². The number of carbonyl (C=O) groups is 1. The van der Waals surface area contributed by atoms with Crippen LogP contribution in [0.1, 0.15) is 32.0 Å². The topological polar surface area (TPSA) is 59.4 Å². The molecule has 2 aliphatic heterocycles. The number of rotatable bonds is 5. The molecule has 0 radical (unpaired) electrons. The summed E-state index contributed by atoms with van der Waals surface area (Å²) in [6, 6.07) is 0.442. The molecule has 6 heteroatoms. The van der Waals surface area contributed by atoms with Gasteiger partial charge in [0, 0.05) is 18.8 Å². The van der Waals surface area contributed by atoms with Crippen molar-refractivity contribution < 1.29 is 9.53 Å². The number of nitrogens with zero attached hydrogens (tertiary/aromatic N) is 3. The molecule has 0 aromatic carbocycles. The Bertz CT molecular complexity index is 496. The standard InChI is InChI=1S/C16H26N4O2/c1-2-15-17-6-9-20(15)10-16(21)18-13-11-22-12-14(13)19-7-4-3-5-8-19/h6,9,13-14H,2-5,7-8,10-12H2,1H3,(H,18,21)/t13-,14-/m0/s1. The summed E-state index contributed by atoms with van der Waals surface area (Å²) in [6.45, 7) is 6.00. The van der Waals surface area contributed by atoms with Crippen molar-refractivity contribution in [1.29, 1.82) is 0 Å². The van der Waals surface area contributed by atoms with E-state index in [2.05, 4.69) is 15.2 Å². The second-order valence-corrected chi connectivity index (χ2v) is 6.20. The summed E-state index contributed by atoms with van der Waals surface area (Å²) in [5.74, 6) is 0.996. The zero-order chi connectivity index (χ0) is 15.4. The van der Waals surface area contributed by atoms with Crippen molar-refractivity contribution in [2.75, 3.05) is 26.3 Å². The Morgan fingerprint density at radius 2 is 2.18 bits per heavy atom. The van der Waals surface area contributed by atoms with E-state index in [1.807, 2.05) is 17.7 Å². The van der Waals surface area contributed by atoms with Gasteiger partial charge in [0.25, 0.3) is 0 Å². The van der Waals surface area contributed by atoms with E-state index in [4.69, 9.17) is 4.74 Å². The molecule has 1 amide bonds. The molecule has 0 unspecified atom stereocenters. The SMILES string of the molecule is CCc1nccn1CC(=O)N[C@H]1COC[C@@H]1N1CCCCC1. The molecule has 22 heavy (non-hydrogen) atoms. The van der Waals surface area contributed by atoms with E-state index in [0.29, 0.717) is 19.2 Å². The quantitative estimate of drug-likeness (QED) is 0.875. The van der Waals surface area contributed by atoms with Crippen LogP contribution in [0.3, 0.4) is 0 Å². The highest BCUT2D eigenvalue weighted by Crippen LogP contribution is 2.19. The van der Waals surface area contributed by atoms with E-state index in [-0.39, 0.29) is 11.9 Å². The number of nitrogens with one attached hydrogen (secondary N) is 1. The lowest BCUT2D eigenvalue weighted by Crippen LogP contribution is -2.53. The van der Waals surface area contributed by atoms with Crippen LogP contribution >= 0.6 is 0 Å². The van der Waals surface area contributed by atoms with Crippen LogP contribution in [-0.2, 0) is 22.5 Å². The third kappa shape index (κ3) is 3.50. The highest BCUT2D eigenvalue weighted by molar-refractivity contribution is 5.76.